The summed E-state index contributed by atoms with van der Waals surface area (Å²) in [6, 6.07) is 5.63. The molecule has 1 aliphatic heterocycles. The van der Waals surface area contributed by atoms with Crippen LogP contribution in [0.5, 0.6) is 0 Å². The molecule has 1 saturated heterocycles. The van der Waals surface area contributed by atoms with Crippen molar-refractivity contribution in [2.24, 2.45) is 17.8 Å². The van der Waals surface area contributed by atoms with Gasteiger partial charge in [0.15, 0.2) is 0 Å². The zero-order chi connectivity index (χ0) is 20.8. The fraction of sp³-hybridized carbons (Fsp3) is 0.652. The second-order valence-corrected chi connectivity index (χ2v) is 9.25. The monoisotopic (exact) mass is 419 g/mol. The van der Waals surface area contributed by atoms with E-state index >= 15 is 0 Å². The summed E-state index contributed by atoms with van der Waals surface area (Å²) >= 11 is 6.20. The van der Waals surface area contributed by atoms with Gasteiger partial charge in [-0.05, 0) is 49.8 Å². The normalized spacial score (nSPS) is 18.7. The number of rotatable bonds is 6. The zero-order valence-corrected chi connectivity index (χ0v) is 18.4. The Morgan fingerprint density at radius 3 is 2.41 bits per heavy atom. The molecule has 6 heteroatoms. The molecule has 0 spiro atoms. The molecule has 1 aromatic rings. The highest BCUT2D eigenvalue weighted by Gasteiger charge is 2.28. The predicted molar refractivity (Wildman–Crippen MR) is 119 cm³/mol. The Morgan fingerprint density at radius 1 is 1.07 bits per heavy atom. The minimum Gasteiger partial charge on any atom is -0.383 e. The molecule has 0 atom stereocenters. The Morgan fingerprint density at radius 2 is 1.76 bits per heavy atom. The van der Waals surface area contributed by atoms with Crippen molar-refractivity contribution in [3.05, 3.63) is 23.2 Å². The van der Waals surface area contributed by atoms with Gasteiger partial charge < -0.3 is 15.5 Å². The van der Waals surface area contributed by atoms with Crippen LogP contribution in [0, 0.1) is 17.8 Å². The van der Waals surface area contributed by atoms with Gasteiger partial charge in [-0.1, -0.05) is 44.7 Å². The van der Waals surface area contributed by atoms with Crippen molar-refractivity contribution in [2.45, 2.75) is 58.8 Å². The first kappa shape index (κ1) is 21.9. The molecule has 29 heavy (non-hydrogen) atoms. The first-order valence-electron chi connectivity index (χ1n) is 11.1. The van der Waals surface area contributed by atoms with Gasteiger partial charge in [-0.2, -0.15) is 0 Å². The molecule has 160 valence electrons. The number of likely N-dealkylation sites (tertiary alicyclic amines) is 1. The van der Waals surface area contributed by atoms with E-state index in [0.717, 1.165) is 17.9 Å². The first-order valence-corrected chi connectivity index (χ1v) is 11.4. The number of carbonyl (C=O) groups is 2. The Balaban J connectivity index is 1.57. The van der Waals surface area contributed by atoms with Crippen molar-refractivity contribution in [1.82, 2.24) is 4.90 Å². The summed E-state index contributed by atoms with van der Waals surface area (Å²) in [4.78, 5) is 26.9. The summed E-state index contributed by atoms with van der Waals surface area (Å²) in [5.41, 5.74) is 1.68. The van der Waals surface area contributed by atoms with Crippen LogP contribution in [0.1, 0.15) is 58.8 Å². The Labute approximate surface area is 179 Å². The summed E-state index contributed by atoms with van der Waals surface area (Å²) in [6.07, 6.45) is 7.93. The molecule has 2 aliphatic rings. The van der Waals surface area contributed by atoms with Crippen LogP contribution in [0.25, 0.3) is 0 Å². The fourth-order valence-corrected chi connectivity index (χ4v) is 4.55. The van der Waals surface area contributed by atoms with Crippen LogP contribution in [-0.2, 0) is 9.59 Å². The van der Waals surface area contributed by atoms with Crippen LogP contribution < -0.4 is 10.6 Å². The second kappa shape index (κ2) is 10.3. The van der Waals surface area contributed by atoms with Gasteiger partial charge in [-0.15, -0.1) is 0 Å². The van der Waals surface area contributed by atoms with Gasteiger partial charge in [0, 0.05) is 36.5 Å². The van der Waals surface area contributed by atoms with Crippen LogP contribution in [0.2, 0.25) is 5.02 Å². The topological polar surface area (TPSA) is 61.4 Å². The summed E-state index contributed by atoms with van der Waals surface area (Å²) in [5, 5.41) is 7.22. The lowest BCUT2D eigenvalue weighted by atomic mass is 9.89. The third-order valence-electron chi connectivity index (χ3n) is 6.22. The Bertz CT molecular complexity index is 708. The van der Waals surface area contributed by atoms with Crippen LogP contribution in [0.15, 0.2) is 18.2 Å². The van der Waals surface area contributed by atoms with Crippen LogP contribution in [0.3, 0.4) is 0 Å². The molecule has 0 bridgehead atoms. The van der Waals surface area contributed by atoms with Crippen molar-refractivity contribution in [3.63, 3.8) is 0 Å². The summed E-state index contributed by atoms with van der Waals surface area (Å²) in [7, 11) is 0. The predicted octanol–water partition coefficient (Wildman–Crippen LogP) is 5.17. The van der Waals surface area contributed by atoms with Gasteiger partial charge >= 0.3 is 0 Å². The SMILES string of the molecule is CC(C)C(=O)N1CCC(C(=O)Nc2cc(Cl)ccc2NCC2CCCCC2)CC1. The minimum atomic E-state index is -0.0728. The first-order chi connectivity index (χ1) is 13.9. The maximum atomic E-state index is 12.9. The van der Waals surface area contributed by atoms with E-state index in [-0.39, 0.29) is 23.7 Å². The van der Waals surface area contributed by atoms with Gasteiger partial charge in [0.25, 0.3) is 0 Å². The van der Waals surface area contributed by atoms with E-state index in [4.69, 9.17) is 11.6 Å². The molecule has 2 fully saturated rings. The molecule has 0 radical (unpaired) electrons. The molecule has 0 aromatic heterocycles. The molecule has 1 aromatic carbocycles. The van der Waals surface area contributed by atoms with Crippen molar-refractivity contribution in [3.8, 4) is 0 Å². The van der Waals surface area contributed by atoms with Gasteiger partial charge in [0.1, 0.15) is 0 Å². The number of hydrogen-bond donors (Lipinski definition) is 2. The number of nitrogens with zero attached hydrogens (tertiary/aromatic N) is 1. The maximum Gasteiger partial charge on any atom is 0.227 e. The van der Waals surface area contributed by atoms with E-state index in [0.29, 0.717) is 36.9 Å². The van der Waals surface area contributed by atoms with E-state index in [9.17, 15) is 9.59 Å². The Kier molecular flexibility index (Phi) is 7.82. The number of piperidine rings is 1. The summed E-state index contributed by atoms with van der Waals surface area (Å²) < 4.78 is 0. The minimum absolute atomic E-state index is 0.00429. The quantitative estimate of drug-likeness (QED) is 0.668. The van der Waals surface area contributed by atoms with Crippen molar-refractivity contribution in [2.75, 3.05) is 30.3 Å². The van der Waals surface area contributed by atoms with E-state index in [2.05, 4.69) is 10.6 Å². The largest absolute Gasteiger partial charge is 0.383 e. The maximum absolute atomic E-state index is 12.9. The lowest BCUT2D eigenvalue weighted by Crippen LogP contribution is -2.43. The average Bonchev–Trinajstić information content (AvgIpc) is 2.73. The van der Waals surface area contributed by atoms with Gasteiger partial charge in [-0.3, -0.25) is 9.59 Å². The number of amides is 2. The summed E-state index contributed by atoms with van der Waals surface area (Å²) in [5.74, 6) is 0.823. The number of carbonyl (C=O) groups excluding carboxylic acids is 2. The molecular formula is C23H34ClN3O2. The molecule has 2 amide bonds. The highest BCUT2D eigenvalue weighted by atomic mass is 35.5. The lowest BCUT2D eigenvalue weighted by Gasteiger charge is -2.32. The van der Waals surface area contributed by atoms with Crippen molar-refractivity contribution < 1.29 is 9.59 Å². The molecule has 2 N–H and O–H groups in total. The number of hydrogen-bond acceptors (Lipinski definition) is 3. The number of nitrogens with one attached hydrogen (secondary N) is 2. The second-order valence-electron chi connectivity index (χ2n) is 8.82. The standard InChI is InChI=1S/C23H34ClN3O2/c1-16(2)23(29)27-12-10-18(11-13-27)22(28)26-21-14-19(24)8-9-20(21)25-15-17-6-4-3-5-7-17/h8-9,14,16-18,25H,3-7,10-13,15H2,1-2H3,(H,26,28). The van der Waals surface area contributed by atoms with Crippen LogP contribution >= 0.6 is 11.6 Å². The molecule has 1 aliphatic carbocycles. The number of anilines is 2. The fourth-order valence-electron chi connectivity index (χ4n) is 4.38. The van der Waals surface area contributed by atoms with E-state index in [1.54, 1.807) is 0 Å². The van der Waals surface area contributed by atoms with Crippen LogP contribution in [0.4, 0.5) is 11.4 Å². The lowest BCUT2D eigenvalue weighted by molar-refractivity contribution is -0.137. The zero-order valence-electron chi connectivity index (χ0n) is 17.7. The number of benzene rings is 1. The van der Waals surface area contributed by atoms with Gasteiger partial charge in [0.2, 0.25) is 11.8 Å². The van der Waals surface area contributed by atoms with Crippen LogP contribution in [-0.4, -0.2) is 36.3 Å². The molecule has 1 heterocycles. The van der Waals surface area contributed by atoms with Crippen molar-refractivity contribution >= 4 is 34.8 Å². The van der Waals surface area contributed by atoms with E-state index < -0.39 is 0 Å². The number of halogens is 1. The molecule has 3 rings (SSSR count). The third kappa shape index (κ3) is 6.11. The average molecular weight is 420 g/mol. The van der Waals surface area contributed by atoms with Gasteiger partial charge in [0.05, 0.1) is 11.4 Å². The van der Waals surface area contributed by atoms with Gasteiger partial charge in [-0.25, -0.2) is 0 Å². The van der Waals surface area contributed by atoms with Crippen molar-refractivity contribution in [1.29, 1.82) is 0 Å². The third-order valence-corrected chi connectivity index (χ3v) is 6.45. The molecule has 1 saturated carbocycles. The van der Waals surface area contributed by atoms with E-state index in [1.165, 1.54) is 32.1 Å². The highest BCUT2D eigenvalue weighted by Crippen LogP contribution is 2.30. The molecular weight excluding hydrogens is 386 g/mol. The van der Waals surface area contributed by atoms with E-state index in [1.807, 2.05) is 36.9 Å². The molecule has 0 unspecified atom stereocenters. The molecule has 5 nitrogen and oxygen atoms in total. The highest BCUT2D eigenvalue weighted by molar-refractivity contribution is 6.31. The smallest absolute Gasteiger partial charge is 0.227 e. The Hall–Kier alpha value is -1.75. The summed E-state index contributed by atoms with van der Waals surface area (Å²) in [6.45, 7) is 6.07.